The number of aliphatic hydroxyl groups is 1. The number of halogens is 1. The van der Waals surface area contributed by atoms with Crippen LogP contribution < -0.4 is 4.74 Å². The second kappa shape index (κ2) is 6.47. The van der Waals surface area contributed by atoms with E-state index in [0.717, 1.165) is 27.8 Å². The van der Waals surface area contributed by atoms with Crippen molar-refractivity contribution < 1.29 is 19.4 Å². The maximum absolute atomic E-state index is 12.4. The molecule has 2 aliphatic rings. The van der Waals surface area contributed by atoms with Crippen molar-refractivity contribution >= 4 is 22.0 Å². The highest BCUT2D eigenvalue weighted by Crippen LogP contribution is 2.46. The maximum atomic E-state index is 12.4. The van der Waals surface area contributed by atoms with Crippen molar-refractivity contribution in [1.29, 1.82) is 0 Å². The van der Waals surface area contributed by atoms with Gasteiger partial charge in [-0.1, -0.05) is 22.9 Å². The summed E-state index contributed by atoms with van der Waals surface area (Å²) in [7, 11) is 0. The predicted octanol–water partition coefficient (Wildman–Crippen LogP) is 4.21. The summed E-state index contributed by atoms with van der Waals surface area (Å²) in [6.07, 6.45) is 1.09. The van der Waals surface area contributed by atoms with E-state index < -0.39 is 17.3 Å². The van der Waals surface area contributed by atoms with Gasteiger partial charge in [0.15, 0.2) is 0 Å². The van der Waals surface area contributed by atoms with E-state index in [1.165, 1.54) is 0 Å². The summed E-state index contributed by atoms with van der Waals surface area (Å²) < 4.78 is 12.8. The summed E-state index contributed by atoms with van der Waals surface area (Å²) in [5.74, 6) is 0.774. The molecule has 25 heavy (non-hydrogen) atoms. The normalized spacial score (nSPS) is 25.7. The molecule has 3 rings (SSSR count). The number of carbonyl (C=O) groups is 1. The van der Waals surface area contributed by atoms with Crippen LogP contribution in [0.4, 0.5) is 4.79 Å². The number of fused-ring (bicyclic) bond motifs is 1. The van der Waals surface area contributed by atoms with E-state index in [-0.39, 0.29) is 6.09 Å². The Kier molecular flexibility index (Phi) is 4.79. The predicted molar refractivity (Wildman–Crippen MR) is 98.9 cm³/mol. The molecule has 2 heterocycles. The zero-order valence-electron chi connectivity index (χ0n) is 15.3. The van der Waals surface area contributed by atoms with Crippen molar-refractivity contribution in [2.45, 2.75) is 64.3 Å². The number of likely N-dealkylation sites (tertiary alicyclic amines) is 1. The molecule has 1 amide bonds. The molecule has 0 radical (unpaired) electrons. The summed E-state index contributed by atoms with van der Waals surface area (Å²) in [5.41, 5.74) is 0.834. The van der Waals surface area contributed by atoms with E-state index in [1.54, 1.807) is 4.90 Å². The Labute approximate surface area is 157 Å². The number of hydrogen-bond donors (Lipinski definition) is 1. The molecule has 138 valence electrons. The van der Waals surface area contributed by atoms with E-state index in [4.69, 9.17) is 9.47 Å². The van der Waals surface area contributed by atoms with E-state index >= 15 is 0 Å². The Bertz CT molecular complexity index is 685. The highest BCUT2D eigenvalue weighted by atomic mass is 79.9. The highest BCUT2D eigenvalue weighted by molar-refractivity contribution is 9.10. The summed E-state index contributed by atoms with van der Waals surface area (Å²) in [6.45, 7) is 8.67. The average molecular weight is 412 g/mol. The topological polar surface area (TPSA) is 59.0 Å². The van der Waals surface area contributed by atoms with Gasteiger partial charge in [-0.05, 0) is 44.9 Å². The number of nitrogens with zero attached hydrogens (tertiary/aromatic N) is 1. The molecular formula is C19H26BrNO4. The van der Waals surface area contributed by atoms with Crippen LogP contribution in [0.5, 0.6) is 5.75 Å². The molecule has 5 nitrogen and oxygen atoms in total. The Morgan fingerprint density at radius 3 is 2.84 bits per heavy atom. The van der Waals surface area contributed by atoms with Crippen molar-refractivity contribution in [3.8, 4) is 5.75 Å². The average Bonchev–Trinajstić information content (AvgIpc) is 2.89. The molecule has 1 aromatic rings. The van der Waals surface area contributed by atoms with Gasteiger partial charge in [0.1, 0.15) is 17.0 Å². The first kappa shape index (κ1) is 18.5. The molecule has 1 saturated heterocycles. The lowest BCUT2D eigenvalue weighted by molar-refractivity contribution is -0.0137. The smallest absolute Gasteiger partial charge is 0.410 e. The Hall–Kier alpha value is -1.27. The Morgan fingerprint density at radius 2 is 2.20 bits per heavy atom. The first-order chi connectivity index (χ1) is 11.6. The van der Waals surface area contributed by atoms with Gasteiger partial charge in [0.25, 0.3) is 0 Å². The van der Waals surface area contributed by atoms with Crippen LogP contribution in [0.2, 0.25) is 0 Å². The van der Waals surface area contributed by atoms with Gasteiger partial charge in [-0.3, -0.25) is 0 Å². The van der Waals surface area contributed by atoms with E-state index in [9.17, 15) is 9.90 Å². The molecule has 0 unspecified atom stereocenters. The number of ether oxygens (including phenoxy) is 2. The molecule has 0 aliphatic carbocycles. The van der Waals surface area contributed by atoms with Crippen molar-refractivity contribution in [2.24, 2.45) is 0 Å². The summed E-state index contributed by atoms with van der Waals surface area (Å²) in [4.78, 5) is 14.0. The molecule has 2 atom stereocenters. The standard InChI is InChI=1S/C19H26BrNO4/c1-5-12-8-13(20)9-14-15(22)10-19(24-16(12)14)6-7-21(11-19)17(23)25-18(2,3)4/h8-9,15,22H,5-7,10-11H2,1-4H3/t15-,19+/m1/s1. The van der Waals surface area contributed by atoms with Gasteiger partial charge in [0, 0.05) is 29.4 Å². The molecule has 0 aromatic heterocycles. The fourth-order valence-electron chi connectivity index (χ4n) is 3.61. The lowest BCUT2D eigenvalue weighted by Gasteiger charge is -2.39. The summed E-state index contributed by atoms with van der Waals surface area (Å²) in [5, 5.41) is 10.7. The number of aryl methyl sites for hydroxylation is 1. The second-order valence-corrected chi connectivity index (χ2v) is 8.91. The van der Waals surface area contributed by atoms with Crippen LogP contribution >= 0.6 is 15.9 Å². The van der Waals surface area contributed by atoms with Crippen LogP contribution in [0.3, 0.4) is 0 Å². The molecule has 0 saturated carbocycles. The minimum atomic E-state index is -0.592. The number of aliphatic hydroxyl groups excluding tert-OH is 1. The van der Waals surface area contributed by atoms with Gasteiger partial charge in [-0.2, -0.15) is 0 Å². The lowest BCUT2D eigenvalue weighted by atomic mass is 9.87. The van der Waals surface area contributed by atoms with Crippen molar-refractivity contribution in [1.82, 2.24) is 4.90 Å². The van der Waals surface area contributed by atoms with E-state index in [2.05, 4.69) is 22.9 Å². The third kappa shape index (κ3) is 3.80. The number of benzene rings is 1. The zero-order valence-corrected chi connectivity index (χ0v) is 16.9. The van der Waals surface area contributed by atoms with Crippen molar-refractivity contribution in [3.05, 3.63) is 27.7 Å². The fraction of sp³-hybridized carbons (Fsp3) is 0.632. The molecular weight excluding hydrogens is 386 g/mol. The second-order valence-electron chi connectivity index (χ2n) is 7.99. The van der Waals surface area contributed by atoms with Crippen LogP contribution in [0.15, 0.2) is 16.6 Å². The zero-order chi connectivity index (χ0) is 18.4. The van der Waals surface area contributed by atoms with Gasteiger partial charge in [0.2, 0.25) is 0 Å². The number of rotatable bonds is 1. The number of carbonyl (C=O) groups excluding carboxylic acids is 1. The Balaban J connectivity index is 1.83. The molecule has 2 aliphatic heterocycles. The number of hydrogen-bond acceptors (Lipinski definition) is 4. The lowest BCUT2D eigenvalue weighted by Crippen LogP contribution is -2.45. The highest BCUT2D eigenvalue weighted by Gasteiger charge is 2.48. The third-order valence-corrected chi connectivity index (χ3v) is 5.21. The monoisotopic (exact) mass is 411 g/mol. The molecule has 0 bridgehead atoms. The van der Waals surface area contributed by atoms with Crippen molar-refractivity contribution in [3.63, 3.8) is 0 Å². The SMILES string of the molecule is CCc1cc(Br)cc2c1O[C@@]1(CCN(C(=O)OC(C)(C)C)C1)C[C@H]2O. The van der Waals surface area contributed by atoms with Gasteiger partial charge in [-0.25, -0.2) is 4.79 Å². The number of amides is 1. The quantitative estimate of drug-likeness (QED) is 0.751. The summed E-state index contributed by atoms with van der Waals surface area (Å²) in [6, 6.07) is 3.96. The maximum Gasteiger partial charge on any atom is 0.410 e. The Morgan fingerprint density at radius 1 is 1.48 bits per heavy atom. The van der Waals surface area contributed by atoms with Crippen LogP contribution in [-0.4, -0.2) is 40.4 Å². The van der Waals surface area contributed by atoms with Crippen molar-refractivity contribution in [2.75, 3.05) is 13.1 Å². The first-order valence-corrected chi connectivity index (χ1v) is 9.59. The molecule has 6 heteroatoms. The minimum Gasteiger partial charge on any atom is -0.485 e. The molecule has 1 spiro atoms. The van der Waals surface area contributed by atoms with E-state index in [1.807, 2.05) is 32.9 Å². The van der Waals surface area contributed by atoms with Crippen LogP contribution in [-0.2, 0) is 11.2 Å². The van der Waals surface area contributed by atoms with Gasteiger partial charge in [0.05, 0.1) is 12.6 Å². The summed E-state index contributed by atoms with van der Waals surface area (Å²) >= 11 is 3.50. The third-order valence-electron chi connectivity index (χ3n) is 4.75. The largest absolute Gasteiger partial charge is 0.485 e. The van der Waals surface area contributed by atoms with Gasteiger partial charge < -0.3 is 19.5 Å². The fourth-order valence-corrected chi connectivity index (χ4v) is 4.13. The van der Waals surface area contributed by atoms with Crippen LogP contribution in [0.1, 0.15) is 57.8 Å². The van der Waals surface area contributed by atoms with E-state index in [0.29, 0.717) is 25.9 Å². The van der Waals surface area contributed by atoms with Crippen LogP contribution in [0.25, 0.3) is 0 Å². The molecule has 1 N–H and O–H groups in total. The molecule has 1 fully saturated rings. The minimum absolute atomic E-state index is 0.320. The first-order valence-electron chi connectivity index (χ1n) is 8.80. The van der Waals surface area contributed by atoms with Gasteiger partial charge in [-0.15, -0.1) is 0 Å². The molecule has 1 aromatic carbocycles. The van der Waals surface area contributed by atoms with Gasteiger partial charge >= 0.3 is 6.09 Å². The van der Waals surface area contributed by atoms with Crippen LogP contribution in [0, 0.1) is 0 Å².